The maximum absolute atomic E-state index is 13.8. The summed E-state index contributed by atoms with van der Waals surface area (Å²) in [5, 5.41) is 0. The van der Waals surface area contributed by atoms with E-state index in [2.05, 4.69) is 0 Å². The third kappa shape index (κ3) is 3.35. The minimum atomic E-state index is -3.15. The first kappa shape index (κ1) is 13.1. The molecule has 3 heteroatoms. The quantitative estimate of drug-likeness (QED) is 0.593. The molecule has 0 bridgehead atoms. The van der Waals surface area contributed by atoms with E-state index in [1.54, 1.807) is 36.4 Å². The van der Waals surface area contributed by atoms with Crippen LogP contribution in [0.2, 0.25) is 0 Å². The van der Waals surface area contributed by atoms with Crippen molar-refractivity contribution in [1.29, 1.82) is 0 Å². The number of benzene rings is 2. The summed E-state index contributed by atoms with van der Waals surface area (Å²) in [5.41, 5.74) is 0.259. The number of rotatable bonds is 4. The Morgan fingerprint density at radius 1 is 0.895 bits per heavy atom. The smallest absolute Gasteiger partial charge is 0.289 e. The molecule has 2 rings (SSSR count). The average Bonchev–Trinajstić information content (AvgIpc) is 2.47. The van der Waals surface area contributed by atoms with Crippen molar-refractivity contribution in [2.75, 3.05) is 0 Å². The van der Waals surface area contributed by atoms with Crippen molar-refractivity contribution in [3.63, 3.8) is 0 Å². The highest BCUT2D eigenvalue weighted by molar-refractivity contribution is 6.04. The van der Waals surface area contributed by atoms with Crippen molar-refractivity contribution < 1.29 is 13.6 Å². The number of alkyl halides is 2. The Balaban J connectivity index is 2.17. The standard InChI is InChI=1S/C16H12F2O/c17-16(18,14-9-5-2-6-10-14)12-11-15(19)13-7-3-1-4-8-13/h1-12H/b12-11+. The van der Waals surface area contributed by atoms with Crippen LogP contribution >= 0.6 is 0 Å². The van der Waals surface area contributed by atoms with Gasteiger partial charge in [0.2, 0.25) is 0 Å². The summed E-state index contributed by atoms with van der Waals surface area (Å²) in [5.74, 6) is -3.58. The zero-order valence-electron chi connectivity index (χ0n) is 10.1. The monoisotopic (exact) mass is 258 g/mol. The maximum atomic E-state index is 13.8. The second-order valence-corrected chi connectivity index (χ2v) is 4.05. The van der Waals surface area contributed by atoms with Gasteiger partial charge in [0.1, 0.15) is 0 Å². The Morgan fingerprint density at radius 2 is 1.42 bits per heavy atom. The number of hydrogen-bond donors (Lipinski definition) is 0. The SMILES string of the molecule is O=C(/C=C/C(F)(F)c1ccccc1)c1ccccc1. The molecule has 19 heavy (non-hydrogen) atoms. The molecule has 2 aromatic carbocycles. The molecule has 0 heterocycles. The van der Waals surface area contributed by atoms with Gasteiger partial charge in [-0.15, -0.1) is 0 Å². The van der Waals surface area contributed by atoms with Gasteiger partial charge in [0.15, 0.2) is 5.78 Å². The first-order valence-electron chi connectivity index (χ1n) is 5.81. The van der Waals surface area contributed by atoms with Crippen LogP contribution in [0.1, 0.15) is 15.9 Å². The maximum Gasteiger partial charge on any atom is 0.292 e. The van der Waals surface area contributed by atoms with Gasteiger partial charge in [-0.3, -0.25) is 4.79 Å². The summed E-state index contributed by atoms with van der Waals surface area (Å²) in [6, 6.07) is 15.7. The number of ketones is 1. The minimum Gasteiger partial charge on any atom is -0.289 e. The van der Waals surface area contributed by atoms with Crippen LogP contribution in [0.4, 0.5) is 8.78 Å². The molecule has 0 radical (unpaired) electrons. The number of allylic oxidation sites excluding steroid dienone is 2. The highest BCUT2D eigenvalue weighted by Gasteiger charge is 2.27. The molecule has 0 saturated carbocycles. The summed E-state index contributed by atoms with van der Waals surface area (Å²) in [7, 11) is 0. The normalized spacial score (nSPS) is 11.7. The number of halogens is 2. The molecule has 0 spiro atoms. The molecule has 0 fully saturated rings. The zero-order valence-corrected chi connectivity index (χ0v) is 10.1. The highest BCUT2D eigenvalue weighted by Crippen LogP contribution is 2.29. The molecular weight excluding hydrogens is 246 g/mol. The van der Waals surface area contributed by atoms with Gasteiger partial charge in [0, 0.05) is 11.1 Å². The molecule has 96 valence electrons. The van der Waals surface area contributed by atoms with Crippen molar-refractivity contribution in [3.05, 3.63) is 83.9 Å². The molecule has 0 aromatic heterocycles. The predicted octanol–water partition coefficient (Wildman–Crippen LogP) is 4.22. The lowest BCUT2D eigenvalue weighted by Crippen LogP contribution is -2.10. The molecule has 0 unspecified atom stereocenters. The molecule has 0 amide bonds. The van der Waals surface area contributed by atoms with Crippen LogP contribution in [-0.4, -0.2) is 5.78 Å². The van der Waals surface area contributed by atoms with Gasteiger partial charge in [-0.1, -0.05) is 60.7 Å². The Labute approximate surface area is 110 Å². The lowest BCUT2D eigenvalue weighted by molar-refractivity contribution is 0.0515. The van der Waals surface area contributed by atoms with Gasteiger partial charge < -0.3 is 0 Å². The van der Waals surface area contributed by atoms with Crippen molar-refractivity contribution in [2.24, 2.45) is 0 Å². The minimum absolute atomic E-state index is 0.132. The van der Waals surface area contributed by atoms with E-state index < -0.39 is 11.7 Å². The van der Waals surface area contributed by atoms with Crippen LogP contribution in [0.3, 0.4) is 0 Å². The van der Waals surface area contributed by atoms with E-state index in [0.717, 1.165) is 6.08 Å². The fourth-order valence-corrected chi connectivity index (χ4v) is 1.64. The molecule has 0 N–H and O–H groups in total. The van der Waals surface area contributed by atoms with Crippen LogP contribution in [0.15, 0.2) is 72.8 Å². The van der Waals surface area contributed by atoms with Crippen LogP contribution in [0.5, 0.6) is 0 Å². The van der Waals surface area contributed by atoms with Gasteiger partial charge >= 0.3 is 0 Å². The van der Waals surface area contributed by atoms with Crippen molar-refractivity contribution in [2.45, 2.75) is 5.92 Å². The Kier molecular flexibility index (Phi) is 3.85. The van der Waals surface area contributed by atoms with E-state index in [9.17, 15) is 13.6 Å². The Bertz CT molecular complexity index is 574. The number of carbonyl (C=O) groups is 1. The van der Waals surface area contributed by atoms with Crippen LogP contribution in [-0.2, 0) is 5.92 Å². The second-order valence-electron chi connectivity index (χ2n) is 4.05. The second kappa shape index (κ2) is 5.57. The van der Waals surface area contributed by atoms with E-state index in [1.165, 1.54) is 24.3 Å². The van der Waals surface area contributed by atoms with E-state index in [4.69, 9.17) is 0 Å². The first-order chi connectivity index (χ1) is 9.09. The van der Waals surface area contributed by atoms with Crippen LogP contribution in [0.25, 0.3) is 0 Å². The van der Waals surface area contributed by atoms with E-state index in [-0.39, 0.29) is 5.56 Å². The highest BCUT2D eigenvalue weighted by atomic mass is 19.3. The van der Waals surface area contributed by atoms with Crippen LogP contribution in [0, 0.1) is 0 Å². The first-order valence-corrected chi connectivity index (χ1v) is 5.81. The van der Waals surface area contributed by atoms with Gasteiger partial charge in [0.05, 0.1) is 0 Å². The summed E-state index contributed by atoms with van der Waals surface area (Å²) < 4.78 is 27.6. The molecule has 0 aliphatic carbocycles. The Morgan fingerprint density at radius 3 is 2.00 bits per heavy atom. The van der Waals surface area contributed by atoms with Gasteiger partial charge in [-0.05, 0) is 12.2 Å². The van der Waals surface area contributed by atoms with Gasteiger partial charge in [-0.2, -0.15) is 8.78 Å². The summed E-state index contributed by atoms with van der Waals surface area (Å²) in [6.45, 7) is 0. The van der Waals surface area contributed by atoms with Crippen molar-refractivity contribution >= 4 is 5.78 Å². The average molecular weight is 258 g/mol. The molecule has 2 aromatic rings. The molecule has 0 atom stereocenters. The van der Waals surface area contributed by atoms with Crippen molar-refractivity contribution in [3.8, 4) is 0 Å². The fraction of sp³-hybridized carbons (Fsp3) is 0.0625. The topological polar surface area (TPSA) is 17.1 Å². The summed E-state index contributed by atoms with van der Waals surface area (Å²) in [6.07, 6.45) is 1.56. The Hall–Kier alpha value is -2.29. The third-order valence-corrected chi connectivity index (χ3v) is 2.66. The number of hydrogen-bond acceptors (Lipinski definition) is 1. The van der Waals surface area contributed by atoms with Gasteiger partial charge in [0.25, 0.3) is 5.92 Å². The van der Waals surface area contributed by atoms with Gasteiger partial charge in [-0.25, -0.2) is 0 Å². The largest absolute Gasteiger partial charge is 0.292 e. The van der Waals surface area contributed by atoms with E-state index >= 15 is 0 Å². The molecule has 0 aliphatic rings. The summed E-state index contributed by atoms with van der Waals surface area (Å²) in [4.78, 5) is 11.7. The third-order valence-electron chi connectivity index (χ3n) is 2.66. The molecule has 0 aliphatic heterocycles. The number of carbonyl (C=O) groups excluding carboxylic acids is 1. The molecule has 1 nitrogen and oxygen atoms in total. The van der Waals surface area contributed by atoms with E-state index in [1.807, 2.05) is 0 Å². The fourth-order valence-electron chi connectivity index (χ4n) is 1.64. The van der Waals surface area contributed by atoms with E-state index in [0.29, 0.717) is 11.6 Å². The van der Waals surface area contributed by atoms with Crippen LogP contribution < -0.4 is 0 Å². The lowest BCUT2D eigenvalue weighted by Gasteiger charge is -2.11. The molecular formula is C16H12F2O. The molecule has 0 saturated heterocycles. The lowest BCUT2D eigenvalue weighted by atomic mass is 10.1. The summed E-state index contributed by atoms with van der Waals surface area (Å²) >= 11 is 0. The predicted molar refractivity (Wildman–Crippen MR) is 70.2 cm³/mol. The zero-order chi connectivity index (χ0) is 13.7. The van der Waals surface area contributed by atoms with Crippen molar-refractivity contribution in [1.82, 2.24) is 0 Å².